The van der Waals surface area contributed by atoms with E-state index in [1.165, 1.54) is 6.07 Å². The zero-order chi connectivity index (χ0) is 14.5. The Morgan fingerprint density at radius 2 is 2.05 bits per heavy atom. The van der Waals surface area contributed by atoms with Crippen LogP contribution in [0.3, 0.4) is 0 Å². The molecule has 1 atom stereocenters. The lowest BCUT2D eigenvalue weighted by molar-refractivity contribution is 0.534. The molecule has 0 amide bonds. The second-order valence-corrected chi connectivity index (χ2v) is 5.25. The van der Waals surface area contributed by atoms with Gasteiger partial charge in [-0.15, -0.1) is 0 Å². The first-order chi connectivity index (χ1) is 9.61. The van der Waals surface area contributed by atoms with Gasteiger partial charge in [0.25, 0.3) is 0 Å². The smallest absolute Gasteiger partial charge is 0.142 e. The maximum absolute atomic E-state index is 13.5. The summed E-state index contributed by atoms with van der Waals surface area (Å²) in [5.74, 6) is -0.411. The number of benzene rings is 1. The van der Waals surface area contributed by atoms with Gasteiger partial charge in [0.05, 0.1) is 21.8 Å². The highest BCUT2D eigenvalue weighted by Gasteiger charge is 2.16. The minimum absolute atomic E-state index is 0.0609. The summed E-state index contributed by atoms with van der Waals surface area (Å²) in [5.41, 5.74) is 1.62. The maximum atomic E-state index is 13.5. The van der Waals surface area contributed by atoms with Crippen molar-refractivity contribution >= 4 is 23.2 Å². The molecule has 0 radical (unpaired) electrons. The number of nitrogens with one attached hydrogen (secondary N) is 1. The van der Waals surface area contributed by atoms with Gasteiger partial charge < -0.3 is 5.32 Å². The molecule has 1 unspecified atom stereocenters. The van der Waals surface area contributed by atoms with Crippen molar-refractivity contribution < 1.29 is 4.39 Å². The normalized spacial score (nSPS) is 12.4. The van der Waals surface area contributed by atoms with Crippen molar-refractivity contribution in [1.29, 1.82) is 0 Å². The van der Waals surface area contributed by atoms with Gasteiger partial charge >= 0.3 is 0 Å². The van der Waals surface area contributed by atoms with Crippen LogP contribution in [0.1, 0.15) is 24.2 Å². The molecule has 1 aromatic heterocycles. The lowest BCUT2D eigenvalue weighted by Gasteiger charge is -2.18. The van der Waals surface area contributed by atoms with E-state index in [0.29, 0.717) is 11.4 Å². The molecule has 1 heterocycles. The molecule has 1 N–H and O–H groups in total. The van der Waals surface area contributed by atoms with Crippen molar-refractivity contribution in [3.05, 3.63) is 63.6 Å². The predicted octanol–water partition coefficient (Wildman–Crippen LogP) is 4.42. The molecule has 5 heteroatoms. The van der Waals surface area contributed by atoms with E-state index in [1.54, 1.807) is 24.4 Å². The summed E-state index contributed by atoms with van der Waals surface area (Å²) in [4.78, 5) is 4.32. The highest BCUT2D eigenvalue weighted by atomic mass is 35.5. The highest BCUT2D eigenvalue weighted by molar-refractivity contribution is 6.31. The van der Waals surface area contributed by atoms with Crippen molar-refractivity contribution in [3.8, 4) is 0 Å². The van der Waals surface area contributed by atoms with Crippen molar-refractivity contribution in [2.24, 2.45) is 0 Å². The van der Waals surface area contributed by atoms with E-state index in [4.69, 9.17) is 23.2 Å². The fourth-order valence-corrected chi connectivity index (χ4v) is 2.44. The first-order valence-electron chi connectivity index (χ1n) is 6.39. The average molecular weight is 313 g/mol. The number of hydrogen-bond donors (Lipinski definition) is 1. The Labute approximate surface area is 127 Å². The molecular formula is C15H15Cl2FN2. The number of nitrogens with zero attached hydrogens (tertiary/aromatic N) is 1. The van der Waals surface area contributed by atoms with Gasteiger partial charge in [0.2, 0.25) is 0 Å². The van der Waals surface area contributed by atoms with Gasteiger partial charge in [-0.1, -0.05) is 36.2 Å². The van der Waals surface area contributed by atoms with Gasteiger partial charge in [-0.05, 0) is 42.8 Å². The summed E-state index contributed by atoms with van der Waals surface area (Å²) in [6.07, 6.45) is 2.30. The molecule has 20 heavy (non-hydrogen) atoms. The largest absolute Gasteiger partial charge is 0.309 e. The Morgan fingerprint density at radius 1 is 1.25 bits per heavy atom. The lowest BCUT2D eigenvalue weighted by atomic mass is 10.0. The second-order valence-electron chi connectivity index (χ2n) is 4.43. The Hall–Kier alpha value is -1.16. The molecule has 0 spiro atoms. The molecule has 0 aliphatic carbocycles. The SMILES string of the molecule is CCNC(Cc1ccc(Cl)c(F)c1)c1ncccc1Cl. The van der Waals surface area contributed by atoms with Gasteiger partial charge in [0.1, 0.15) is 5.82 Å². The molecule has 0 saturated carbocycles. The predicted molar refractivity (Wildman–Crippen MR) is 80.8 cm³/mol. The van der Waals surface area contributed by atoms with Crippen molar-refractivity contribution in [2.45, 2.75) is 19.4 Å². The van der Waals surface area contributed by atoms with Gasteiger partial charge in [-0.3, -0.25) is 4.98 Å². The summed E-state index contributed by atoms with van der Waals surface area (Å²) in [7, 11) is 0. The van der Waals surface area contributed by atoms with Crippen LogP contribution in [0.25, 0.3) is 0 Å². The number of likely N-dealkylation sites (N-methyl/N-ethyl adjacent to an activating group) is 1. The van der Waals surface area contributed by atoms with Crippen LogP contribution in [-0.2, 0) is 6.42 Å². The highest BCUT2D eigenvalue weighted by Crippen LogP contribution is 2.25. The third kappa shape index (κ3) is 3.69. The van der Waals surface area contributed by atoms with Crippen LogP contribution in [0.2, 0.25) is 10.0 Å². The fraction of sp³-hybridized carbons (Fsp3) is 0.267. The average Bonchev–Trinajstić information content (AvgIpc) is 2.43. The van der Waals surface area contributed by atoms with Crippen LogP contribution in [0, 0.1) is 5.82 Å². The zero-order valence-corrected chi connectivity index (χ0v) is 12.5. The Balaban J connectivity index is 2.25. The van der Waals surface area contributed by atoms with Crippen LogP contribution in [0.15, 0.2) is 36.5 Å². The van der Waals surface area contributed by atoms with E-state index < -0.39 is 5.82 Å². The quantitative estimate of drug-likeness (QED) is 0.884. The zero-order valence-electron chi connectivity index (χ0n) is 11.0. The summed E-state index contributed by atoms with van der Waals surface area (Å²) >= 11 is 11.9. The van der Waals surface area contributed by atoms with Gasteiger partial charge in [-0.2, -0.15) is 0 Å². The number of pyridine rings is 1. The summed E-state index contributed by atoms with van der Waals surface area (Å²) in [6, 6.07) is 8.35. The van der Waals surface area contributed by atoms with E-state index in [9.17, 15) is 4.39 Å². The minimum Gasteiger partial charge on any atom is -0.309 e. The van der Waals surface area contributed by atoms with Crippen LogP contribution >= 0.6 is 23.2 Å². The molecule has 0 aliphatic heterocycles. The van der Waals surface area contributed by atoms with Crippen LogP contribution in [0.4, 0.5) is 4.39 Å². The lowest BCUT2D eigenvalue weighted by Crippen LogP contribution is -2.24. The van der Waals surface area contributed by atoms with E-state index >= 15 is 0 Å². The molecule has 0 saturated heterocycles. The third-order valence-corrected chi connectivity index (χ3v) is 3.62. The molecular weight excluding hydrogens is 298 g/mol. The van der Waals surface area contributed by atoms with Crippen LogP contribution < -0.4 is 5.32 Å². The molecule has 1 aromatic carbocycles. The molecule has 106 valence electrons. The minimum atomic E-state index is -0.411. The van der Waals surface area contributed by atoms with Gasteiger partial charge in [-0.25, -0.2) is 4.39 Å². The van der Waals surface area contributed by atoms with Crippen molar-refractivity contribution in [3.63, 3.8) is 0 Å². The molecule has 0 fully saturated rings. The topological polar surface area (TPSA) is 24.9 Å². The molecule has 0 bridgehead atoms. The number of aromatic nitrogens is 1. The Morgan fingerprint density at radius 3 is 2.70 bits per heavy atom. The molecule has 2 aromatic rings. The first kappa shape index (κ1) is 15.2. The molecule has 2 nitrogen and oxygen atoms in total. The molecule has 2 rings (SSSR count). The van der Waals surface area contributed by atoms with E-state index in [1.807, 2.05) is 13.0 Å². The number of halogens is 3. The molecule has 0 aliphatic rings. The maximum Gasteiger partial charge on any atom is 0.142 e. The van der Waals surface area contributed by atoms with Crippen molar-refractivity contribution in [1.82, 2.24) is 10.3 Å². The summed E-state index contributed by atoms with van der Waals surface area (Å²) in [6.45, 7) is 2.78. The second kappa shape index (κ2) is 7.02. The van der Waals surface area contributed by atoms with E-state index in [-0.39, 0.29) is 11.1 Å². The Bertz CT molecular complexity index is 590. The van der Waals surface area contributed by atoms with Crippen molar-refractivity contribution in [2.75, 3.05) is 6.54 Å². The summed E-state index contributed by atoms with van der Waals surface area (Å²) in [5, 5.41) is 4.05. The third-order valence-electron chi connectivity index (χ3n) is 2.99. The summed E-state index contributed by atoms with van der Waals surface area (Å²) < 4.78 is 13.5. The van der Waals surface area contributed by atoms with E-state index in [0.717, 1.165) is 17.8 Å². The standard InChI is InChI=1S/C15H15Cl2FN2/c1-2-19-14(15-12(17)4-3-7-20-15)9-10-5-6-11(16)13(18)8-10/h3-8,14,19H,2,9H2,1H3. The fourth-order valence-electron chi connectivity index (χ4n) is 2.07. The number of hydrogen-bond acceptors (Lipinski definition) is 2. The van der Waals surface area contributed by atoms with Crippen LogP contribution in [0.5, 0.6) is 0 Å². The van der Waals surface area contributed by atoms with Crippen LogP contribution in [-0.4, -0.2) is 11.5 Å². The van der Waals surface area contributed by atoms with Gasteiger partial charge in [0.15, 0.2) is 0 Å². The first-order valence-corrected chi connectivity index (χ1v) is 7.15. The Kier molecular flexibility index (Phi) is 5.35. The van der Waals surface area contributed by atoms with Gasteiger partial charge in [0, 0.05) is 6.20 Å². The van der Waals surface area contributed by atoms with E-state index in [2.05, 4.69) is 10.3 Å². The monoisotopic (exact) mass is 312 g/mol. The number of rotatable bonds is 5.